The molecule has 168 valence electrons. The first-order valence-corrected chi connectivity index (χ1v) is 11.2. The molecule has 2 amide bonds. The minimum Gasteiger partial charge on any atom is -0.463 e. The third kappa shape index (κ3) is 4.09. The van der Waals surface area contributed by atoms with E-state index >= 15 is 0 Å². The van der Waals surface area contributed by atoms with Crippen molar-refractivity contribution in [2.75, 3.05) is 6.54 Å². The SMILES string of the molecule is Cc1ccc(CN2C(=O)c3ccc(-c4ccco4)n3C[C@@]2(C)C(=O)NCCC(C)C)cc1. The quantitative estimate of drug-likeness (QED) is 0.591. The van der Waals surface area contributed by atoms with E-state index in [4.69, 9.17) is 4.42 Å². The lowest BCUT2D eigenvalue weighted by molar-refractivity contribution is -0.133. The number of carbonyl (C=O) groups is 2. The van der Waals surface area contributed by atoms with Gasteiger partial charge in [0.15, 0.2) is 0 Å². The highest BCUT2D eigenvalue weighted by Crippen LogP contribution is 2.34. The van der Waals surface area contributed by atoms with Crippen LogP contribution < -0.4 is 5.32 Å². The molecule has 4 rings (SSSR count). The van der Waals surface area contributed by atoms with E-state index in [1.54, 1.807) is 11.2 Å². The average Bonchev–Trinajstić information content (AvgIpc) is 3.41. The third-order valence-electron chi connectivity index (χ3n) is 6.24. The summed E-state index contributed by atoms with van der Waals surface area (Å²) in [6.45, 7) is 9.46. The van der Waals surface area contributed by atoms with Crippen LogP contribution in [0.5, 0.6) is 0 Å². The molecule has 1 aliphatic rings. The van der Waals surface area contributed by atoms with Gasteiger partial charge in [0.05, 0.1) is 18.5 Å². The molecule has 6 heteroatoms. The van der Waals surface area contributed by atoms with Crippen molar-refractivity contribution in [3.8, 4) is 11.5 Å². The highest BCUT2D eigenvalue weighted by atomic mass is 16.3. The number of nitrogens with zero attached hydrogens (tertiary/aromatic N) is 2. The van der Waals surface area contributed by atoms with Crippen molar-refractivity contribution in [3.63, 3.8) is 0 Å². The smallest absolute Gasteiger partial charge is 0.271 e. The molecule has 1 aromatic carbocycles. The van der Waals surface area contributed by atoms with Crippen LogP contribution >= 0.6 is 0 Å². The first-order chi connectivity index (χ1) is 15.3. The number of fused-ring (bicyclic) bond motifs is 1. The minimum absolute atomic E-state index is 0.136. The van der Waals surface area contributed by atoms with E-state index in [1.165, 1.54) is 0 Å². The Labute approximate surface area is 189 Å². The Morgan fingerprint density at radius 2 is 1.84 bits per heavy atom. The molecule has 32 heavy (non-hydrogen) atoms. The fourth-order valence-corrected chi connectivity index (χ4v) is 4.20. The summed E-state index contributed by atoms with van der Waals surface area (Å²) in [6.07, 6.45) is 2.50. The molecule has 0 unspecified atom stereocenters. The van der Waals surface area contributed by atoms with E-state index in [9.17, 15) is 9.59 Å². The summed E-state index contributed by atoms with van der Waals surface area (Å²) < 4.78 is 7.50. The summed E-state index contributed by atoms with van der Waals surface area (Å²) in [5.74, 6) is 0.874. The molecule has 6 nitrogen and oxygen atoms in total. The molecule has 0 spiro atoms. The number of amides is 2. The molecule has 0 fully saturated rings. The molecule has 0 saturated heterocycles. The Morgan fingerprint density at radius 3 is 2.50 bits per heavy atom. The van der Waals surface area contributed by atoms with E-state index in [2.05, 4.69) is 19.2 Å². The van der Waals surface area contributed by atoms with Crippen molar-refractivity contribution in [1.82, 2.24) is 14.8 Å². The number of benzene rings is 1. The Hall–Kier alpha value is -3.28. The summed E-state index contributed by atoms with van der Waals surface area (Å²) >= 11 is 0. The zero-order valence-corrected chi connectivity index (χ0v) is 19.2. The maximum absolute atomic E-state index is 13.7. The van der Waals surface area contributed by atoms with Crippen molar-refractivity contribution >= 4 is 11.8 Å². The zero-order chi connectivity index (χ0) is 22.9. The molecule has 0 radical (unpaired) electrons. The number of furan rings is 1. The normalized spacial score (nSPS) is 18.2. The van der Waals surface area contributed by atoms with Crippen LogP contribution in [-0.2, 0) is 17.9 Å². The minimum atomic E-state index is -1.04. The number of carbonyl (C=O) groups excluding carboxylic acids is 2. The van der Waals surface area contributed by atoms with Crippen LogP contribution in [0.2, 0.25) is 0 Å². The van der Waals surface area contributed by atoms with Crippen molar-refractivity contribution in [3.05, 3.63) is 71.6 Å². The van der Waals surface area contributed by atoms with Gasteiger partial charge >= 0.3 is 0 Å². The largest absolute Gasteiger partial charge is 0.463 e. The van der Waals surface area contributed by atoms with Gasteiger partial charge < -0.3 is 19.2 Å². The summed E-state index contributed by atoms with van der Waals surface area (Å²) in [5.41, 5.74) is 2.48. The van der Waals surface area contributed by atoms with Crippen LogP contribution in [0.25, 0.3) is 11.5 Å². The van der Waals surface area contributed by atoms with Crippen molar-refractivity contribution in [1.29, 1.82) is 0 Å². The maximum Gasteiger partial charge on any atom is 0.271 e. The maximum atomic E-state index is 13.7. The number of hydrogen-bond donors (Lipinski definition) is 1. The van der Waals surface area contributed by atoms with Gasteiger partial charge in [0.2, 0.25) is 5.91 Å². The monoisotopic (exact) mass is 433 g/mol. The van der Waals surface area contributed by atoms with E-state index in [0.717, 1.165) is 23.2 Å². The molecule has 0 saturated carbocycles. The van der Waals surface area contributed by atoms with Crippen molar-refractivity contribution in [2.24, 2.45) is 5.92 Å². The standard InChI is InChI=1S/C26H31N3O3/c1-18(2)13-14-27-25(31)26(4)17-28-21(23-6-5-15-32-23)11-12-22(28)24(30)29(26)16-20-9-7-19(3)8-10-20/h5-12,15,18H,13-14,16-17H2,1-4H3,(H,27,31)/t26-/m0/s1. The Balaban J connectivity index is 1.71. The van der Waals surface area contributed by atoms with Crippen LogP contribution in [0.15, 0.2) is 59.2 Å². The average molecular weight is 434 g/mol. The van der Waals surface area contributed by atoms with Crippen LogP contribution in [0.3, 0.4) is 0 Å². The molecule has 0 bridgehead atoms. The fourth-order valence-electron chi connectivity index (χ4n) is 4.20. The molecular formula is C26H31N3O3. The van der Waals surface area contributed by atoms with Gasteiger partial charge in [-0.15, -0.1) is 0 Å². The molecule has 1 atom stereocenters. The van der Waals surface area contributed by atoms with Crippen LogP contribution in [0.1, 0.15) is 48.8 Å². The summed E-state index contributed by atoms with van der Waals surface area (Å²) in [6, 6.07) is 15.5. The van der Waals surface area contributed by atoms with Gasteiger partial charge in [-0.2, -0.15) is 0 Å². The van der Waals surface area contributed by atoms with Gasteiger partial charge in [-0.25, -0.2) is 0 Å². The lowest BCUT2D eigenvalue weighted by Crippen LogP contribution is -2.63. The Morgan fingerprint density at radius 1 is 1.12 bits per heavy atom. The zero-order valence-electron chi connectivity index (χ0n) is 19.2. The van der Waals surface area contributed by atoms with E-state index in [-0.39, 0.29) is 11.8 Å². The summed E-state index contributed by atoms with van der Waals surface area (Å²) in [5, 5.41) is 3.08. The number of rotatable bonds is 7. The summed E-state index contributed by atoms with van der Waals surface area (Å²) in [7, 11) is 0. The first kappa shape index (κ1) is 21.9. The lowest BCUT2D eigenvalue weighted by atomic mass is 9.93. The van der Waals surface area contributed by atoms with Crippen molar-refractivity contribution < 1.29 is 14.0 Å². The highest BCUT2D eigenvalue weighted by molar-refractivity contribution is 6.00. The lowest BCUT2D eigenvalue weighted by Gasteiger charge is -2.44. The highest BCUT2D eigenvalue weighted by Gasteiger charge is 2.47. The van der Waals surface area contributed by atoms with Gasteiger partial charge in [-0.1, -0.05) is 43.7 Å². The summed E-state index contributed by atoms with van der Waals surface area (Å²) in [4.78, 5) is 28.9. The number of hydrogen-bond acceptors (Lipinski definition) is 3. The van der Waals surface area contributed by atoms with Crippen LogP contribution in [-0.4, -0.2) is 33.4 Å². The van der Waals surface area contributed by atoms with Gasteiger partial charge in [-0.05, 0) is 56.0 Å². The third-order valence-corrected chi connectivity index (χ3v) is 6.24. The molecule has 1 aliphatic heterocycles. The van der Waals surface area contributed by atoms with Crippen LogP contribution in [0.4, 0.5) is 0 Å². The first-order valence-electron chi connectivity index (χ1n) is 11.2. The van der Waals surface area contributed by atoms with Gasteiger partial charge in [0, 0.05) is 13.1 Å². The van der Waals surface area contributed by atoms with Gasteiger partial charge in [0.25, 0.3) is 5.91 Å². The molecule has 3 heterocycles. The second-order valence-electron chi connectivity index (χ2n) is 9.26. The second kappa shape index (κ2) is 8.69. The van der Waals surface area contributed by atoms with E-state index < -0.39 is 5.54 Å². The van der Waals surface area contributed by atoms with Crippen molar-refractivity contribution in [2.45, 2.75) is 52.7 Å². The molecular weight excluding hydrogens is 402 g/mol. The number of aryl methyl sites for hydroxylation is 1. The van der Waals surface area contributed by atoms with Crippen LogP contribution in [0, 0.1) is 12.8 Å². The fraction of sp³-hybridized carbons (Fsp3) is 0.385. The van der Waals surface area contributed by atoms with E-state index in [1.807, 2.05) is 66.9 Å². The molecule has 3 aromatic rings. The Kier molecular flexibility index (Phi) is 5.96. The molecule has 1 N–H and O–H groups in total. The second-order valence-corrected chi connectivity index (χ2v) is 9.26. The van der Waals surface area contributed by atoms with E-state index in [0.29, 0.717) is 37.0 Å². The van der Waals surface area contributed by atoms with Gasteiger partial charge in [-0.3, -0.25) is 9.59 Å². The van der Waals surface area contributed by atoms with Gasteiger partial charge in [0.1, 0.15) is 17.0 Å². The number of aromatic nitrogens is 1. The topological polar surface area (TPSA) is 67.5 Å². The molecule has 0 aliphatic carbocycles. The predicted molar refractivity (Wildman–Crippen MR) is 124 cm³/mol. The molecule has 2 aromatic heterocycles. The number of nitrogens with one attached hydrogen (secondary N) is 1. The predicted octanol–water partition coefficient (Wildman–Crippen LogP) is 4.63. The Bertz CT molecular complexity index is 1100.